The summed E-state index contributed by atoms with van der Waals surface area (Å²) in [5.74, 6) is 0.901. The SMILES string of the molecule is Cc1nc([C@@H](C)N)cn1Cc1c(Cl)cccc1Cl. The summed E-state index contributed by atoms with van der Waals surface area (Å²) in [7, 11) is 0. The van der Waals surface area contributed by atoms with E-state index in [4.69, 9.17) is 28.9 Å². The Morgan fingerprint density at radius 1 is 1.33 bits per heavy atom. The van der Waals surface area contributed by atoms with Gasteiger partial charge in [0.2, 0.25) is 0 Å². The van der Waals surface area contributed by atoms with Crippen LogP contribution in [-0.4, -0.2) is 9.55 Å². The fourth-order valence-corrected chi connectivity index (χ4v) is 2.28. The minimum absolute atomic E-state index is 0.0772. The molecular formula is C13H15Cl2N3. The van der Waals surface area contributed by atoms with E-state index in [1.165, 1.54) is 0 Å². The number of hydrogen-bond acceptors (Lipinski definition) is 2. The second kappa shape index (κ2) is 5.31. The Kier molecular flexibility index (Phi) is 3.95. The van der Waals surface area contributed by atoms with Crippen molar-refractivity contribution in [2.24, 2.45) is 5.73 Å². The highest BCUT2D eigenvalue weighted by Crippen LogP contribution is 2.25. The molecule has 0 amide bonds. The fourth-order valence-electron chi connectivity index (χ4n) is 1.77. The number of benzene rings is 1. The van der Waals surface area contributed by atoms with Gasteiger partial charge in [0.15, 0.2) is 0 Å². The van der Waals surface area contributed by atoms with Crippen molar-refractivity contribution in [3.63, 3.8) is 0 Å². The van der Waals surface area contributed by atoms with Crippen LogP contribution in [0.3, 0.4) is 0 Å². The standard InChI is InChI=1S/C13H15Cl2N3/c1-8(16)13-7-18(9(2)17-13)6-10-11(14)4-3-5-12(10)15/h3-5,7-8H,6,16H2,1-2H3/t8-/m1/s1. The molecule has 1 aromatic heterocycles. The van der Waals surface area contributed by atoms with Crippen LogP contribution in [0, 0.1) is 6.92 Å². The topological polar surface area (TPSA) is 43.8 Å². The zero-order valence-electron chi connectivity index (χ0n) is 10.3. The van der Waals surface area contributed by atoms with Gasteiger partial charge in [0, 0.05) is 27.8 Å². The van der Waals surface area contributed by atoms with Crippen LogP contribution in [0.2, 0.25) is 10.0 Å². The summed E-state index contributed by atoms with van der Waals surface area (Å²) in [6.07, 6.45) is 1.94. The lowest BCUT2D eigenvalue weighted by Gasteiger charge is -2.09. The fraction of sp³-hybridized carbons (Fsp3) is 0.308. The van der Waals surface area contributed by atoms with E-state index in [0.29, 0.717) is 16.6 Å². The van der Waals surface area contributed by atoms with Crippen molar-refractivity contribution < 1.29 is 0 Å². The molecule has 2 aromatic rings. The summed E-state index contributed by atoms with van der Waals surface area (Å²) in [5, 5.41) is 1.33. The molecule has 1 atom stereocenters. The van der Waals surface area contributed by atoms with E-state index in [1.807, 2.05) is 42.8 Å². The van der Waals surface area contributed by atoms with Gasteiger partial charge >= 0.3 is 0 Å². The third-order valence-corrected chi connectivity index (χ3v) is 3.56. The van der Waals surface area contributed by atoms with E-state index in [-0.39, 0.29) is 6.04 Å². The van der Waals surface area contributed by atoms with E-state index in [1.54, 1.807) is 0 Å². The van der Waals surface area contributed by atoms with Gasteiger partial charge in [0.25, 0.3) is 0 Å². The molecule has 96 valence electrons. The zero-order valence-corrected chi connectivity index (χ0v) is 11.8. The van der Waals surface area contributed by atoms with Crippen LogP contribution in [0.4, 0.5) is 0 Å². The number of aryl methyl sites for hydroxylation is 1. The van der Waals surface area contributed by atoms with Gasteiger partial charge in [-0.25, -0.2) is 4.98 Å². The molecule has 2 N–H and O–H groups in total. The monoisotopic (exact) mass is 283 g/mol. The molecule has 0 aliphatic heterocycles. The lowest BCUT2D eigenvalue weighted by molar-refractivity contribution is 0.759. The first-order valence-corrected chi connectivity index (χ1v) is 6.46. The van der Waals surface area contributed by atoms with Crippen molar-refractivity contribution >= 4 is 23.2 Å². The van der Waals surface area contributed by atoms with Crippen LogP contribution in [0.15, 0.2) is 24.4 Å². The highest BCUT2D eigenvalue weighted by Gasteiger charge is 2.11. The maximum atomic E-state index is 6.16. The molecule has 2 rings (SSSR count). The smallest absolute Gasteiger partial charge is 0.106 e. The Hall–Kier alpha value is -1.03. The van der Waals surface area contributed by atoms with E-state index in [9.17, 15) is 0 Å². The molecule has 0 fully saturated rings. The molecule has 0 saturated heterocycles. The molecule has 0 unspecified atom stereocenters. The van der Waals surface area contributed by atoms with E-state index in [2.05, 4.69) is 4.98 Å². The van der Waals surface area contributed by atoms with Crippen molar-refractivity contribution in [2.75, 3.05) is 0 Å². The van der Waals surface area contributed by atoms with Gasteiger partial charge in [-0.15, -0.1) is 0 Å². The number of aromatic nitrogens is 2. The Labute approximate surface area is 117 Å². The number of nitrogens with two attached hydrogens (primary N) is 1. The summed E-state index contributed by atoms with van der Waals surface area (Å²) in [6.45, 7) is 4.45. The highest BCUT2D eigenvalue weighted by atomic mass is 35.5. The lowest BCUT2D eigenvalue weighted by Crippen LogP contribution is -2.05. The first-order chi connectivity index (χ1) is 8.49. The van der Waals surface area contributed by atoms with Gasteiger partial charge < -0.3 is 10.3 Å². The van der Waals surface area contributed by atoms with Crippen LogP contribution in [0.25, 0.3) is 0 Å². The van der Waals surface area contributed by atoms with E-state index >= 15 is 0 Å². The maximum Gasteiger partial charge on any atom is 0.106 e. The van der Waals surface area contributed by atoms with Crippen LogP contribution in [-0.2, 0) is 6.54 Å². The van der Waals surface area contributed by atoms with Gasteiger partial charge in [-0.1, -0.05) is 29.3 Å². The second-order valence-electron chi connectivity index (χ2n) is 4.33. The van der Waals surface area contributed by atoms with Gasteiger partial charge in [0.05, 0.1) is 12.2 Å². The Bertz CT molecular complexity index is 541. The van der Waals surface area contributed by atoms with Gasteiger partial charge in [0.1, 0.15) is 5.82 Å². The minimum Gasteiger partial charge on any atom is -0.330 e. The minimum atomic E-state index is -0.0772. The van der Waals surface area contributed by atoms with Crippen molar-refractivity contribution in [1.82, 2.24) is 9.55 Å². The van der Waals surface area contributed by atoms with Crippen LogP contribution < -0.4 is 5.73 Å². The Morgan fingerprint density at radius 3 is 2.44 bits per heavy atom. The van der Waals surface area contributed by atoms with Gasteiger partial charge in [-0.05, 0) is 26.0 Å². The summed E-state index contributed by atoms with van der Waals surface area (Å²) < 4.78 is 2.01. The first-order valence-electron chi connectivity index (χ1n) is 5.71. The number of nitrogens with zero attached hydrogens (tertiary/aromatic N) is 2. The molecule has 1 aromatic carbocycles. The highest BCUT2D eigenvalue weighted by molar-refractivity contribution is 6.35. The van der Waals surface area contributed by atoms with Crippen LogP contribution in [0.5, 0.6) is 0 Å². The Balaban J connectivity index is 2.34. The molecular weight excluding hydrogens is 269 g/mol. The van der Waals surface area contributed by atoms with Crippen LogP contribution in [0.1, 0.15) is 30.0 Å². The lowest BCUT2D eigenvalue weighted by atomic mass is 10.2. The molecule has 18 heavy (non-hydrogen) atoms. The average Bonchev–Trinajstić information content (AvgIpc) is 2.66. The summed E-state index contributed by atoms with van der Waals surface area (Å²) in [5.41, 5.74) is 7.59. The van der Waals surface area contributed by atoms with Crippen molar-refractivity contribution in [3.05, 3.63) is 51.5 Å². The van der Waals surface area contributed by atoms with Crippen LogP contribution >= 0.6 is 23.2 Å². The predicted octanol–water partition coefficient (Wildman–Crippen LogP) is 3.57. The molecule has 0 bridgehead atoms. The van der Waals surface area contributed by atoms with Crippen molar-refractivity contribution in [3.8, 4) is 0 Å². The number of hydrogen-bond donors (Lipinski definition) is 1. The number of halogens is 2. The predicted molar refractivity (Wildman–Crippen MR) is 75.1 cm³/mol. The quantitative estimate of drug-likeness (QED) is 0.936. The molecule has 0 radical (unpaired) electrons. The molecule has 5 heteroatoms. The van der Waals surface area contributed by atoms with Crippen molar-refractivity contribution in [2.45, 2.75) is 26.4 Å². The zero-order chi connectivity index (χ0) is 13.3. The van der Waals surface area contributed by atoms with Crippen molar-refractivity contribution in [1.29, 1.82) is 0 Å². The van der Waals surface area contributed by atoms with E-state index < -0.39 is 0 Å². The summed E-state index contributed by atoms with van der Waals surface area (Å²) in [6, 6.07) is 5.43. The number of imidazole rings is 1. The summed E-state index contributed by atoms with van der Waals surface area (Å²) >= 11 is 12.3. The molecule has 0 aliphatic carbocycles. The normalized spacial score (nSPS) is 12.7. The first kappa shape index (κ1) is 13.4. The molecule has 0 aliphatic rings. The largest absolute Gasteiger partial charge is 0.330 e. The van der Waals surface area contributed by atoms with Gasteiger partial charge in [-0.2, -0.15) is 0 Å². The molecule has 3 nitrogen and oxygen atoms in total. The average molecular weight is 284 g/mol. The third-order valence-electron chi connectivity index (χ3n) is 2.85. The van der Waals surface area contributed by atoms with Gasteiger partial charge in [-0.3, -0.25) is 0 Å². The molecule has 0 saturated carbocycles. The third kappa shape index (κ3) is 2.69. The maximum absolute atomic E-state index is 6.16. The second-order valence-corrected chi connectivity index (χ2v) is 5.14. The molecule has 1 heterocycles. The Morgan fingerprint density at radius 2 is 1.94 bits per heavy atom. The number of rotatable bonds is 3. The molecule has 0 spiro atoms. The van der Waals surface area contributed by atoms with E-state index in [0.717, 1.165) is 17.1 Å². The summed E-state index contributed by atoms with van der Waals surface area (Å²) in [4.78, 5) is 4.42.